The summed E-state index contributed by atoms with van der Waals surface area (Å²) in [5, 5.41) is 0. The first-order valence-electron chi connectivity index (χ1n) is 6.59. The van der Waals surface area contributed by atoms with Gasteiger partial charge < -0.3 is 0 Å². The smallest absolute Gasteiger partial charge is 0.293 e. The fraction of sp³-hybridized carbons (Fsp3) is 0.533. The molecule has 3 heteroatoms. The van der Waals surface area contributed by atoms with Crippen molar-refractivity contribution in [2.24, 2.45) is 5.92 Å². The summed E-state index contributed by atoms with van der Waals surface area (Å²) < 4.78 is 0. The Morgan fingerprint density at radius 3 is 2.61 bits per heavy atom. The Hall–Kier alpha value is -1.35. The van der Waals surface area contributed by atoms with Crippen LogP contribution < -0.4 is 0 Å². The lowest BCUT2D eigenvalue weighted by molar-refractivity contribution is -0.280. The van der Waals surface area contributed by atoms with Crippen molar-refractivity contribution in [3.8, 4) is 0 Å². The molecule has 0 unspecified atom stereocenters. The van der Waals surface area contributed by atoms with Gasteiger partial charge in [0.25, 0.3) is 0 Å². The van der Waals surface area contributed by atoms with E-state index < -0.39 is 5.97 Å². The Morgan fingerprint density at radius 1 is 1.22 bits per heavy atom. The Bertz CT molecular complexity index is 406. The third kappa shape index (κ3) is 3.57. The molecule has 2 rings (SSSR count). The Morgan fingerprint density at radius 2 is 1.94 bits per heavy atom. The van der Waals surface area contributed by atoms with Crippen LogP contribution in [-0.2, 0) is 9.78 Å². The maximum absolute atomic E-state index is 11.8. The summed E-state index contributed by atoms with van der Waals surface area (Å²) in [5.74, 6) is 0.356. The molecule has 0 N–H and O–H groups in total. The van der Waals surface area contributed by atoms with E-state index in [0.29, 0.717) is 5.56 Å². The second-order valence-electron chi connectivity index (χ2n) is 5.22. The second kappa shape index (κ2) is 6.01. The van der Waals surface area contributed by atoms with Crippen molar-refractivity contribution in [1.82, 2.24) is 0 Å². The van der Waals surface area contributed by atoms with Crippen molar-refractivity contribution in [3.05, 3.63) is 35.4 Å². The van der Waals surface area contributed by atoms with Crippen LogP contribution in [0.2, 0.25) is 0 Å². The van der Waals surface area contributed by atoms with Crippen molar-refractivity contribution < 1.29 is 14.6 Å². The van der Waals surface area contributed by atoms with Gasteiger partial charge in [-0.1, -0.05) is 24.6 Å². The molecule has 1 fully saturated rings. The zero-order chi connectivity index (χ0) is 13.0. The number of hydrogen-bond acceptors (Lipinski definition) is 3. The molecule has 1 aromatic carbocycles. The third-order valence-corrected chi connectivity index (χ3v) is 3.48. The molecule has 0 atom stereocenters. The first-order valence-corrected chi connectivity index (χ1v) is 6.59. The van der Waals surface area contributed by atoms with Gasteiger partial charge in [-0.05, 0) is 50.7 Å². The molecule has 1 aliphatic carbocycles. The van der Waals surface area contributed by atoms with Crippen molar-refractivity contribution in [2.75, 3.05) is 0 Å². The summed E-state index contributed by atoms with van der Waals surface area (Å²) in [7, 11) is 0. The molecular weight excluding hydrogens is 228 g/mol. The van der Waals surface area contributed by atoms with E-state index in [1.54, 1.807) is 12.1 Å². The van der Waals surface area contributed by atoms with Crippen LogP contribution in [0.15, 0.2) is 24.3 Å². The summed E-state index contributed by atoms with van der Waals surface area (Å²) in [6, 6.07) is 7.32. The van der Waals surface area contributed by atoms with Gasteiger partial charge in [-0.25, -0.2) is 4.79 Å². The highest BCUT2D eigenvalue weighted by Crippen LogP contribution is 2.25. The maximum atomic E-state index is 11.8. The van der Waals surface area contributed by atoms with E-state index in [9.17, 15) is 4.79 Å². The van der Waals surface area contributed by atoms with Gasteiger partial charge in [0.05, 0.1) is 5.56 Å². The molecule has 0 aliphatic heterocycles. The maximum Gasteiger partial charge on any atom is 0.373 e. The van der Waals surface area contributed by atoms with Crippen molar-refractivity contribution in [3.63, 3.8) is 0 Å². The summed E-state index contributed by atoms with van der Waals surface area (Å²) in [5.41, 5.74) is 1.58. The lowest BCUT2D eigenvalue weighted by Crippen LogP contribution is -2.22. The minimum atomic E-state index is -0.405. The molecule has 0 heterocycles. The third-order valence-electron chi connectivity index (χ3n) is 3.48. The van der Waals surface area contributed by atoms with Gasteiger partial charge >= 0.3 is 5.97 Å². The van der Waals surface area contributed by atoms with E-state index in [-0.39, 0.29) is 6.10 Å². The van der Waals surface area contributed by atoms with Crippen LogP contribution >= 0.6 is 0 Å². The van der Waals surface area contributed by atoms with Crippen LogP contribution in [0.5, 0.6) is 0 Å². The fourth-order valence-electron chi connectivity index (χ4n) is 2.26. The lowest BCUT2D eigenvalue weighted by Gasteiger charge is -2.24. The van der Waals surface area contributed by atoms with Crippen LogP contribution in [0.4, 0.5) is 0 Å². The van der Waals surface area contributed by atoms with Gasteiger partial charge in [0.15, 0.2) is 0 Å². The van der Waals surface area contributed by atoms with Crippen LogP contribution in [0, 0.1) is 12.8 Å². The van der Waals surface area contributed by atoms with E-state index in [1.165, 1.54) is 0 Å². The molecule has 98 valence electrons. The molecule has 0 spiro atoms. The molecule has 18 heavy (non-hydrogen) atoms. The quantitative estimate of drug-likeness (QED) is 0.605. The normalized spacial score (nSPS) is 23.7. The van der Waals surface area contributed by atoms with E-state index in [1.807, 2.05) is 19.1 Å². The van der Waals surface area contributed by atoms with Gasteiger partial charge in [0, 0.05) is 0 Å². The molecule has 0 saturated heterocycles. The summed E-state index contributed by atoms with van der Waals surface area (Å²) in [6.45, 7) is 4.19. The van der Waals surface area contributed by atoms with Gasteiger partial charge in [-0.15, -0.1) is 0 Å². The molecule has 3 nitrogen and oxygen atoms in total. The topological polar surface area (TPSA) is 35.5 Å². The highest BCUT2D eigenvalue weighted by atomic mass is 17.2. The Kier molecular flexibility index (Phi) is 4.37. The highest BCUT2D eigenvalue weighted by Gasteiger charge is 2.21. The first-order chi connectivity index (χ1) is 8.65. The molecular formula is C15H20O3. The number of carbonyl (C=O) groups is 1. The van der Waals surface area contributed by atoms with Crippen LogP contribution in [0.1, 0.15) is 48.5 Å². The molecule has 0 amide bonds. The summed E-state index contributed by atoms with van der Waals surface area (Å²) in [4.78, 5) is 21.9. The van der Waals surface area contributed by atoms with Crippen LogP contribution in [0.3, 0.4) is 0 Å². The zero-order valence-electron chi connectivity index (χ0n) is 11.0. The number of rotatable bonds is 3. The zero-order valence-corrected chi connectivity index (χ0v) is 11.0. The molecule has 1 aromatic rings. The second-order valence-corrected chi connectivity index (χ2v) is 5.22. The van der Waals surface area contributed by atoms with Crippen molar-refractivity contribution in [1.29, 1.82) is 0 Å². The average molecular weight is 248 g/mol. The minimum absolute atomic E-state index is 0.0648. The molecule has 1 aliphatic rings. The predicted octanol–water partition coefficient (Wildman–Crippen LogP) is 3.66. The molecule has 1 saturated carbocycles. The standard InChI is InChI=1S/C15H20O3/c1-11-6-8-14(9-7-11)17-18-15(16)13-5-3-4-12(2)10-13/h3-5,10-11,14H,6-9H2,1-2H3. The molecule has 0 radical (unpaired) electrons. The summed E-state index contributed by atoms with van der Waals surface area (Å²) in [6.07, 6.45) is 4.30. The van der Waals surface area contributed by atoms with E-state index >= 15 is 0 Å². The van der Waals surface area contributed by atoms with Gasteiger partial charge in [-0.2, -0.15) is 4.89 Å². The lowest BCUT2D eigenvalue weighted by atomic mass is 9.89. The highest BCUT2D eigenvalue weighted by molar-refractivity contribution is 5.89. The Labute approximate surface area is 108 Å². The number of hydrogen-bond donors (Lipinski definition) is 0. The summed E-state index contributed by atoms with van der Waals surface area (Å²) >= 11 is 0. The average Bonchev–Trinajstić information content (AvgIpc) is 2.38. The predicted molar refractivity (Wildman–Crippen MR) is 69.1 cm³/mol. The van der Waals surface area contributed by atoms with Crippen LogP contribution in [0.25, 0.3) is 0 Å². The number of carbonyl (C=O) groups excluding carboxylic acids is 1. The van der Waals surface area contributed by atoms with Crippen molar-refractivity contribution in [2.45, 2.75) is 45.6 Å². The Balaban J connectivity index is 1.81. The van der Waals surface area contributed by atoms with Gasteiger partial charge in [-0.3, -0.25) is 4.89 Å². The number of aryl methyl sites for hydroxylation is 1. The monoisotopic (exact) mass is 248 g/mol. The molecule has 0 aromatic heterocycles. The van der Waals surface area contributed by atoms with E-state index in [4.69, 9.17) is 9.78 Å². The number of benzene rings is 1. The largest absolute Gasteiger partial charge is 0.373 e. The first kappa shape index (κ1) is 13.1. The molecule has 0 bridgehead atoms. The van der Waals surface area contributed by atoms with E-state index in [0.717, 1.165) is 37.2 Å². The minimum Gasteiger partial charge on any atom is -0.293 e. The SMILES string of the molecule is Cc1cccc(C(=O)OOC2CCC(C)CC2)c1. The van der Waals surface area contributed by atoms with Gasteiger partial charge in [0.1, 0.15) is 6.10 Å². The van der Waals surface area contributed by atoms with Crippen LogP contribution in [-0.4, -0.2) is 12.1 Å². The van der Waals surface area contributed by atoms with E-state index in [2.05, 4.69) is 6.92 Å². The van der Waals surface area contributed by atoms with Crippen molar-refractivity contribution >= 4 is 5.97 Å². The fourth-order valence-corrected chi connectivity index (χ4v) is 2.26. The van der Waals surface area contributed by atoms with Gasteiger partial charge in [0.2, 0.25) is 0 Å².